The Bertz CT molecular complexity index is 1490. The third-order valence-electron chi connectivity index (χ3n) is 5.35. The Morgan fingerprint density at radius 1 is 0.909 bits per heavy atom. The summed E-state index contributed by atoms with van der Waals surface area (Å²) in [6, 6.07) is 26.4. The minimum atomic E-state index is -0.404. The van der Waals surface area contributed by atoms with Gasteiger partial charge in [0.05, 0.1) is 5.69 Å². The second kappa shape index (κ2) is 8.70. The summed E-state index contributed by atoms with van der Waals surface area (Å²) in [6.07, 6.45) is 0. The van der Waals surface area contributed by atoms with Gasteiger partial charge in [0.15, 0.2) is 5.82 Å². The first-order chi connectivity index (χ1) is 16.0. The lowest BCUT2D eigenvalue weighted by atomic mass is 10.1. The molecule has 0 radical (unpaired) electrons. The lowest BCUT2D eigenvalue weighted by molar-refractivity contribution is 0.101. The summed E-state index contributed by atoms with van der Waals surface area (Å²) >= 11 is 12.4. The van der Waals surface area contributed by atoms with Gasteiger partial charge in [-0.3, -0.25) is 4.79 Å². The van der Waals surface area contributed by atoms with E-state index < -0.39 is 5.91 Å². The number of hydrogen-bond donors (Lipinski definition) is 1. The maximum absolute atomic E-state index is 13.2. The molecule has 0 fully saturated rings. The van der Waals surface area contributed by atoms with E-state index in [0.717, 1.165) is 21.9 Å². The van der Waals surface area contributed by atoms with Crippen molar-refractivity contribution in [3.63, 3.8) is 0 Å². The third kappa shape index (κ3) is 4.21. The smallest absolute Gasteiger partial charge is 0.295 e. The van der Waals surface area contributed by atoms with Crippen molar-refractivity contribution in [2.45, 2.75) is 6.92 Å². The van der Waals surface area contributed by atoms with Crippen molar-refractivity contribution >= 4 is 45.6 Å². The molecule has 0 aliphatic carbocycles. The predicted molar refractivity (Wildman–Crippen MR) is 133 cm³/mol. The number of aryl methyl sites for hydroxylation is 1. The molecule has 0 atom stereocenters. The predicted octanol–water partition coefficient (Wildman–Crippen LogP) is 6.96. The first-order valence-corrected chi connectivity index (χ1v) is 11.0. The van der Waals surface area contributed by atoms with Gasteiger partial charge in [0, 0.05) is 26.7 Å². The highest BCUT2D eigenvalue weighted by Crippen LogP contribution is 2.27. The Morgan fingerprint density at radius 2 is 1.67 bits per heavy atom. The fourth-order valence-corrected chi connectivity index (χ4v) is 3.90. The van der Waals surface area contributed by atoms with Crippen molar-refractivity contribution in [2.24, 2.45) is 0 Å². The molecular weight excluding hydrogens is 455 g/mol. The van der Waals surface area contributed by atoms with E-state index in [1.54, 1.807) is 22.9 Å². The van der Waals surface area contributed by atoms with Gasteiger partial charge in [-0.25, -0.2) is 9.67 Å². The van der Waals surface area contributed by atoms with Crippen LogP contribution in [0, 0.1) is 6.92 Å². The number of nitrogens with one attached hydrogen (secondary N) is 1. The lowest BCUT2D eigenvalue weighted by Crippen LogP contribution is -2.14. The van der Waals surface area contributed by atoms with Crippen LogP contribution in [0.15, 0.2) is 84.9 Å². The maximum Gasteiger partial charge on any atom is 0.295 e. The number of amides is 1. The molecule has 0 spiro atoms. The second-order valence-electron chi connectivity index (χ2n) is 7.59. The van der Waals surface area contributed by atoms with Gasteiger partial charge in [-0.15, -0.1) is 5.10 Å². The van der Waals surface area contributed by atoms with Gasteiger partial charge in [0.25, 0.3) is 5.91 Å². The van der Waals surface area contributed by atoms with Crippen molar-refractivity contribution in [1.29, 1.82) is 0 Å². The summed E-state index contributed by atoms with van der Waals surface area (Å²) in [4.78, 5) is 17.7. The molecule has 0 saturated carbocycles. The van der Waals surface area contributed by atoms with Crippen molar-refractivity contribution < 1.29 is 4.79 Å². The number of fused-ring (bicyclic) bond motifs is 1. The van der Waals surface area contributed by atoms with E-state index in [1.165, 1.54) is 0 Å². The van der Waals surface area contributed by atoms with Crippen molar-refractivity contribution in [2.75, 3.05) is 5.32 Å². The standard InChI is InChI=1S/C26H18Cl2N4O/c1-16-9-14-20(15-22(16)28)32-25(18-10-12-19(27)13-11-18)30-24(31-32)26(33)29-23-8-4-6-17-5-2-3-7-21(17)23/h2-15H,1H3,(H,29,33). The highest BCUT2D eigenvalue weighted by atomic mass is 35.5. The molecule has 1 N–H and O–H groups in total. The largest absolute Gasteiger partial charge is 0.319 e. The van der Waals surface area contributed by atoms with Gasteiger partial charge < -0.3 is 5.32 Å². The number of halogens is 2. The van der Waals surface area contributed by atoms with Gasteiger partial charge in [0.1, 0.15) is 0 Å². The third-order valence-corrected chi connectivity index (χ3v) is 6.01. The van der Waals surface area contributed by atoms with Gasteiger partial charge in [0.2, 0.25) is 5.82 Å². The highest BCUT2D eigenvalue weighted by molar-refractivity contribution is 6.31. The maximum atomic E-state index is 13.2. The Kier molecular flexibility index (Phi) is 5.58. The van der Waals surface area contributed by atoms with E-state index in [4.69, 9.17) is 23.2 Å². The molecule has 5 rings (SSSR count). The minimum Gasteiger partial charge on any atom is -0.319 e. The zero-order chi connectivity index (χ0) is 22.9. The van der Waals surface area contributed by atoms with Crippen molar-refractivity contribution in [3.05, 3.63) is 106 Å². The van der Waals surface area contributed by atoms with E-state index in [0.29, 0.717) is 27.2 Å². The molecule has 0 saturated heterocycles. The zero-order valence-corrected chi connectivity index (χ0v) is 19.1. The average molecular weight is 473 g/mol. The van der Waals surface area contributed by atoms with Crippen molar-refractivity contribution in [3.8, 4) is 17.1 Å². The van der Waals surface area contributed by atoms with Gasteiger partial charge in [-0.2, -0.15) is 0 Å². The summed E-state index contributed by atoms with van der Waals surface area (Å²) in [6.45, 7) is 1.93. The summed E-state index contributed by atoms with van der Waals surface area (Å²) in [7, 11) is 0. The quantitative estimate of drug-likeness (QED) is 0.307. The average Bonchev–Trinajstić information content (AvgIpc) is 3.27. The van der Waals surface area contributed by atoms with Crippen LogP contribution >= 0.6 is 23.2 Å². The molecule has 0 aliphatic rings. The van der Waals surface area contributed by atoms with Crippen LogP contribution in [-0.2, 0) is 0 Å². The van der Waals surface area contributed by atoms with Gasteiger partial charge >= 0.3 is 0 Å². The van der Waals surface area contributed by atoms with E-state index in [9.17, 15) is 4.79 Å². The lowest BCUT2D eigenvalue weighted by Gasteiger charge is -2.08. The summed E-state index contributed by atoms with van der Waals surface area (Å²) < 4.78 is 1.62. The Hall–Kier alpha value is -3.67. The van der Waals surface area contributed by atoms with E-state index >= 15 is 0 Å². The van der Waals surface area contributed by atoms with Crippen LogP contribution in [0.25, 0.3) is 27.8 Å². The molecule has 162 valence electrons. The first-order valence-electron chi connectivity index (χ1n) is 10.3. The number of hydrogen-bond acceptors (Lipinski definition) is 3. The number of carbonyl (C=O) groups excluding carboxylic acids is 1. The fourth-order valence-electron chi connectivity index (χ4n) is 3.60. The number of benzene rings is 4. The normalized spacial score (nSPS) is 11.0. The Balaban J connectivity index is 1.58. The summed E-state index contributed by atoms with van der Waals surface area (Å²) in [5.41, 5.74) is 3.11. The molecule has 5 aromatic rings. The Morgan fingerprint density at radius 3 is 2.45 bits per heavy atom. The molecule has 33 heavy (non-hydrogen) atoms. The number of anilines is 1. The molecule has 0 aliphatic heterocycles. The number of carbonyl (C=O) groups is 1. The second-order valence-corrected chi connectivity index (χ2v) is 8.44. The highest BCUT2D eigenvalue weighted by Gasteiger charge is 2.20. The van der Waals surface area contributed by atoms with Crippen LogP contribution in [0.4, 0.5) is 5.69 Å². The zero-order valence-electron chi connectivity index (χ0n) is 17.6. The monoisotopic (exact) mass is 472 g/mol. The summed E-state index contributed by atoms with van der Waals surface area (Å²) in [5.74, 6) is 0.151. The molecule has 1 heterocycles. The van der Waals surface area contributed by atoms with Gasteiger partial charge in [-0.05, 0) is 60.3 Å². The van der Waals surface area contributed by atoms with E-state index in [-0.39, 0.29) is 5.82 Å². The van der Waals surface area contributed by atoms with Crippen LogP contribution in [0.5, 0.6) is 0 Å². The molecule has 7 heteroatoms. The molecule has 1 amide bonds. The topological polar surface area (TPSA) is 59.8 Å². The van der Waals surface area contributed by atoms with Crippen LogP contribution in [0.2, 0.25) is 10.0 Å². The van der Waals surface area contributed by atoms with E-state index in [1.807, 2.05) is 73.7 Å². The molecule has 1 aromatic heterocycles. The van der Waals surface area contributed by atoms with Gasteiger partial charge in [-0.1, -0.05) is 65.7 Å². The SMILES string of the molecule is Cc1ccc(-n2nc(C(=O)Nc3cccc4ccccc34)nc2-c2ccc(Cl)cc2)cc1Cl. The molecule has 4 aromatic carbocycles. The van der Waals surface area contributed by atoms with E-state index in [2.05, 4.69) is 15.4 Å². The number of aromatic nitrogens is 3. The number of rotatable bonds is 4. The van der Waals surface area contributed by atoms with Crippen molar-refractivity contribution in [1.82, 2.24) is 14.8 Å². The molecular formula is C26H18Cl2N4O. The number of nitrogens with zero attached hydrogens (tertiary/aromatic N) is 3. The molecule has 0 unspecified atom stereocenters. The Labute approximate surface area is 200 Å². The molecule has 5 nitrogen and oxygen atoms in total. The minimum absolute atomic E-state index is 0.0459. The summed E-state index contributed by atoms with van der Waals surface area (Å²) in [5, 5.41) is 10.7. The fraction of sp³-hybridized carbons (Fsp3) is 0.0385. The van der Waals surface area contributed by atoms with Crippen LogP contribution in [0.1, 0.15) is 16.2 Å². The van der Waals surface area contributed by atoms with Crippen LogP contribution in [-0.4, -0.2) is 20.7 Å². The first kappa shape index (κ1) is 21.2. The molecule has 0 bridgehead atoms. The van der Waals surface area contributed by atoms with Crippen LogP contribution in [0.3, 0.4) is 0 Å². The van der Waals surface area contributed by atoms with Crippen LogP contribution < -0.4 is 5.32 Å².